The van der Waals surface area contributed by atoms with Crippen LogP contribution in [-0.4, -0.2) is 48.6 Å². The fraction of sp³-hybridized carbons (Fsp3) is 0.417. The Morgan fingerprint density at radius 3 is 2.47 bits per heavy atom. The monoisotopic (exact) mass is 276 g/mol. The van der Waals surface area contributed by atoms with Gasteiger partial charge in [-0.1, -0.05) is 0 Å². The van der Waals surface area contributed by atoms with E-state index in [4.69, 9.17) is 5.11 Å². The van der Waals surface area contributed by atoms with Gasteiger partial charge in [0.1, 0.15) is 5.82 Å². The first kappa shape index (κ1) is 15.5. The van der Waals surface area contributed by atoms with Crippen LogP contribution in [0.4, 0.5) is 18.9 Å². The Labute approximate surface area is 108 Å². The quantitative estimate of drug-likeness (QED) is 0.790. The summed E-state index contributed by atoms with van der Waals surface area (Å²) < 4.78 is 37.1. The Bertz CT molecular complexity index is 398. The average molecular weight is 276 g/mol. The summed E-state index contributed by atoms with van der Waals surface area (Å²) in [4.78, 5) is 12.7. The average Bonchev–Trinajstić information content (AvgIpc) is 2.31. The lowest BCUT2D eigenvalue weighted by atomic mass is 10.3. The van der Waals surface area contributed by atoms with Crippen LogP contribution in [0.2, 0.25) is 0 Å². The van der Waals surface area contributed by atoms with E-state index in [1.807, 2.05) is 0 Å². The molecule has 2 N–H and O–H groups in total. The minimum Gasteiger partial charge on any atom is -0.395 e. The SMILES string of the molecule is O=C(CN(CCO)CC(F)F)Nc1ccc(F)cc1. The molecule has 0 aliphatic carbocycles. The van der Waals surface area contributed by atoms with Crippen molar-refractivity contribution in [3.63, 3.8) is 0 Å². The summed E-state index contributed by atoms with van der Waals surface area (Å²) in [5.74, 6) is -0.932. The molecule has 1 rings (SSSR count). The van der Waals surface area contributed by atoms with Crippen LogP contribution in [0.3, 0.4) is 0 Å². The third-order valence-electron chi connectivity index (χ3n) is 2.31. The van der Waals surface area contributed by atoms with Crippen LogP contribution in [-0.2, 0) is 4.79 Å². The van der Waals surface area contributed by atoms with E-state index in [1.165, 1.54) is 24.3 Å². The van der Waals surface area contributed by atoms with Crippen molar-refractivity contribution in [2.24, 2.45) is 0 Å². The lowest BCUT2D eigenvalue weighted by Crippen LogP contribution is -2.38. The normalized spacial score (nSPS) is 11.1. The smallest absolute Gasteiger partial charge is 0.251 e. The van der Waals surface area contributed by atoms with Crippen LogP contribution in [0.15, 0.2) is 24.3 Å². The predicted octanol–water partition coefficient (Wildman–Crippen LogP) is 1.32. The zero-order valence-electron chi connectivity index (χ0n) is 10.2. The highest BCUT2D eigenvalue weighted by Crippen LogP contribution is 2.08. The number of carbonyl (C=O) groups is 1. The van der Waals surface area contributed by atoms with E-state index in [-0.39, 0.29) is 19.7 Å². The van der Waals surface area contributed by atoms with Gasteiger partial charge in [0.2, 0.25) is 5.91 Å². The molecule has 4 nitrogen and oxygen atoms in total. The second-order valence-corrected chi connectivity index (χ2v) is 3.90. The molecule has 19 heavy (non-hydrogen) atoms. The Kier molecular flexibility index (Phi) is 6.31. The Morgan fingerprint density at radius 2 is 1.95 bits per heavy atom. The number of aliphatic hydroxyl groups is 1. The van der Waals surface area contributed by atoms with Gasteiger partial charge in [0, 0.05) is 12.2 Å². The maximum Gasteiger partial charge on any atom is 0.251 e. The molecule has 0 atom stereocenters. The summed E-state index contributed by atoms with van der Waals surface area (Å²) in [6.07, 6.45) is -2.58. The fourth-order valence-electron chi connectivity index (χ4n) is 1.51. The molecule has 0 unspecified atom stereocenters. The summed E-state index contributed by atoms with van der Waals surface area (Å²) in [6.45, 7) is -1.17. The molecule has 0 bridgehead atoms. The second kappa shape index (κ2) is 7.75. The molecule has 0 spiro atoms. The number of anilines is 1. The first-order chi connectivity index (χ1) is 9.01. The van der Waals surface area contributed by atoms with Gasteiger partial charge in [-0.05, 0) is 24.3 Å². The van der Waals surface area contributed by atoms with Crippen molar-refractivity contribution in [1.82, 2.24) is 4.90 Å². The van der Waals surface area contributed by atoms with Crippen molar-refractivity contribution in [1.29, 1.82) is 0 Å². The number of benzene rings is 1. The number of amides is 1. The number of nitrogens with zero attached hydrogens (tertiary/aromatic N) is 1. The summed E-state index contributed by atoms with van der Waals surface area (Å²) in [6, 6.07) is 5.11. The number of alkyl halides is 2. The fourth-order valence-corrected chi connectivity index (χ4v) is 1.51. The van der Waals surface area contributed by atoms with Gasteiger partial charge in [0.05, 0.1) is 19.7 Å². The number of carbonyl (C=O) groups excluding carboxylic acids is 1. The van der Waals surface area contributed by atoms with Gasteiger partial charge in [-0.25, -0.2) is 13.2 Å². The highest BCUT2D eigenvalue weighted by atomic mass is 19.3. The van der Waals surface area contributed by atoms with Crippen LogP contribution in [0.25, 0.3) is 0 Å². The third-order valence-corrected chi connectivity index (χ3v) is 2.31. The minimum atomic E-state index is -2.58. The summed E-state index contributed by atoms with van der Waals surface area (Å²) >= 11 is 0. The van der Waals surface area contributed by atoms with E-state index >= 15 is 0 Å². The van der Waals surface area contributed by atoms with Gasteiger partial charge in [-0.3, -0.25) is 9.69 Å². The molecule has 106 valence electrons. The molecule has 0 aliphatic heterocycles. The molecule has 7 heteroatoms. The van der Waals surface area contributed by atoms with Gasteiger partial charge >= 0.3 is 0 Å². The van der Waals surface area contributed by atoms with E-state index in [1.54, 1.807) is 0 Å². The van der Waals surface area contributed by atoms with Crippen LogP contribution < -0.4 is 5.32 Å². The molecule has 1 aromatic carbocycles. The first-order valence-electron chi connectivity index (χ1n) is 5.68. The minimum absolute atomic E-state index is 0.0127. The highest BCUT2D eigenvalue weighted by Gasteiger charge is 2.15. The van der Waals surface area contributed by atoms with Crippen molar-refractivity contribution in [3.8, 4) is 0 Å². The highest BCUT2D eigenvalue weighted by molar-refractivity contribution is 5.92. The number of aliphatic hydroxyl groups excluding tert-OH is 1. The topological polar surface area (TPSA) is 52.6 Å². The number of halogens is 3. The van der Waals surface area contributed by atoms with Crippen molar-refractivity contribution in [2.45, 2.75) is 6.43 Å². The number of nitrogens with one attached hydrogen (secondary N) is 1. The maximum absolute atomic E-state index is 12.6. The van der Waals surface area contributed by atoms with E-state index in [9.17, 15) is 18.0 Å². The molecule has 0 heterocycles. The van der Waals surface area contributed by atoms with Crippen molar-refractivity contribution < 1.29 is 23.1 Å². The summed E-state index contributed by atoms with van der Waals surface area (Å²) in [7, 11) is 0. The van der Waals surface area contributed by atoms with Gasteiger partial charge in [0.25, 0.3) is 6.43 Å². The second-order valence-electron chi connectivity index (χ2n) is 3.90. The molecular weight excluding hydrogens is 261 g/mol. The van der Waals surface area contributed by atoms with E-state index in [2.05, 4.69) is 5.32 Å². The standard InChI is InChI=1S/C12H15F3N2O2/c13-9-1-3-10(4-2-9)16-12(19)8-17(5-6-18)7-11(14)15/h1-4,11,18H,5-8H2,(H,16,19). The van der Waals surface area contributed by atoms with E-state index in [0.717, 1.165) is 4.90 Å². The zero-order valence-corrected chi connectivity index (χ0v) is 10.2. The van der Waals surface area contributed by atoms with Gasteiger partial charge in [-0.2, -0.15) is 0 Å². The Hall–Kier alpha value is -1.60. The zero-order chi connectivity index (χ0) is 14.3. The summed E-state index contributed by atoms with van der Waals surface area (Å²) in [5, 5.41) is 11.2. The van der Waals surface area contributed by atoms with Crippen LogP contribution >= 0.6 is 0 Å². The van der Waals surface area contributed by atoms with E-state index in [0.29, 0.717) is 5.69 Å². The predicted molar refractivity (Wildman–Crippen MR) is 64.6 cm³/mol. The lowest BCUT2D eigenvalue weighted by Gasteiger charge is -2.20. The molecule has 0 aromatic heterocycles. The molecule has 0 saturated heterocycles. The molecular formula is C12H15F3N2O2. The van der Waals surface area contributed by atoms with Crippen molar-refractivity contribution in [3.05, 3.63) is 30.1 Å². The Morgan fingerprint density at radius 1 is 1.32 bits per heavy atom. The molecule has 1 aromatic rings. The van der Waals surface area contributed by atoms with Gasteiger partial charge < -0.3 is 10.4 Å². The third kappa shape index (κ3) is 6.21. The number of rotatable bonds is 7. The van der Waals surface area contributed by atoms with Crippen LogP contribution in [0.1, 0.15) is 0 Å². The number of hydrogen-bond donors (Lipinski definition) is 2. The van der Waals surface area contributed by atoms with E-state index < -0.39 is 24.7 Å². The summed E-state index contributed by atoms with van der Waals surface area (Å²) in [5.41, 5.74) is 0.382. The first-order valence-corrected chi connectivity index (χ1v) is 5.68. The molecule has 0 saturated carbocycles. The lowest BCUT2D eigenvalue weighted by molar-refractivity contribution is -0.117. The van der Waals surface area contributed by atoms with Gasteiger partial charge in [-0.15, -0.1) is 0 Å². The van der Waals surface area contributed by atoms with Crippen LogP contribution in [0, 0.1) is 5.82 Å². The Balaban J connectivity index is 2.49. The van der Waals surface area contributed by atoms with Gasteiger partial charge in [0.15, 0.2) is 0 Å². The largest absolute Gasteiger partial charge is 0.395 e. The number of hydrogen-bond acceptors (Lipinski definition) is 3. The van der Waals surface area contributed by atoms with Crippen LogP contribution in [0.5, 0.6) is 0 Å². The molecule has 0 radical (unpaired) electrons. The van der Waals surface area contributed by atoms with Crippen molar-refractivity contribution >= 4 is 11.6 Å². The maximum atomic E-state index is 12.6. The molecule has 0 aliphatic rings. The molecule has 0 fully saturated rings. The van der Waals surface area contributed by atoms with Crippen molar-refractivity contribution in [2.75, 3.05) is 31.6 Å². The molecule has 1 amide bonds.